The zero-order valence-electron chi connectivity index (χ0n) is 9.80. The molecule has 0 saturated heterocycles. The normalized spacial score (nSPS) is 10.7. The minimum Gasteiger partial charge on any atom is -0.317 e. The van der Waals surface area contributed by atoms with Crippen LogP contribution in [0.5, 0.6) is 0 Å². The van der Waals surface area contributed by atoms with E-state index < -0.39 is 0 Å². The molecule has 86 valence electrons. The van der Waals surface area contributed by atoms with Gasteiger partial charge in [-0.3, -0.25) is 0 Å². The Kier molecular flexibility index (Phi) is 7.58. The van der Waals surface area contributed by atoms with Gasteiger partial charge in [-0.1, -0.05) is 25.8 Å². The lowest BCUT2D eigenvalue weighted by Crippen LogP contribution is -2.15. The number of hydrogen-bond donors (Lipinski definition) is 1. The molecule has 0 aromatic carbocycles. The van der Waals surface area contributed by atoms with Gasteiger partial charge >= 0.3 is 0 Å². The van der Waals surface area contributed by atoms with Crippen molar-refractivity contribution in [3.05, 3.63) is 22.4 Å². The van der Waals surface area contributed by atoms with E-state index in [9.17, 15) is 0 Å². The summed E-state index contributed by atoms with van der Waals surface area (Å²) in [5.41, 5.74) is 0. The zero-order valence-corrected chi connectivity index (χ0v) is 10.6. The first kappa shape index (κ1) is 12.7. The molecule has 0 spiro atoms. The van der Waals surface area contributed by atoms with E-state index in [1.54, 1.807) is 4.88 Å². The molecule has 1 heterocycles. The Bertz CT molecular complexity index is 218. The number of unbranched alkanes of at least 4 members (excludes halogenated alkanes) is 3. The highest BCUT2D eigenvalue weighted by molar-refractivity contribution is 7.09. The van der Waals surface area contributed by atoms with Gasteiger partial charge < -0.3 is 5.32 Å². The second-order valence-electron chi connectivity index (χ2n) is 3.99. The molecule has 0 amide bonds. The summed E-state index contributed by atoms with van der Waals surface area (Å²) in [5, 5.41) is 5.61. The van der Waals surface area contributed by atoms with Crippen LogP contribution < -0.4 is 5.32 Å². The summed E-state index contributed by atoms with van der Waals surface area (Å²) in [6, 6.07) is 4.39. The summed E-state index contributed by atoms with van der Waals surface area (Å²) in [6.07, 6.45) is 7.98. The molecule has 0 aliphatic carbocycles. The van der Waals surface area contributed by atoms with Crippen molar-refractivity contribution in [2.75, 3.05) is 13.1 Å². The molecular weight excluding hydrogens is 202 g/mol. The summed E-state index contributed by atoms with van der Waals surface area (Å²) < 4.78 is 0. The maximum absolute atomic E-state index is 3.44. The van der Waals surface area contributed by atoms with Crippen molar-refractivity contribution >= 4 is 11.3 Å². The fraction of sp³-hybridized carbons (Fsp3) is 0.692. The second-order valence-corrected chi connectivity index (χ2v) is 5.03. The van der Waals surface area contributed by atoms with Gasteiger partial charge in [-0.15, -0.1) is 11.3 Å². The highest BCUT2D eigenvalue weighted by Gasteiger charge is 1.94. The van der Waals surface area contributed by atoms with Gasteiger partial charge in [-0.2, -0.15) is 0 Å². The fourth-order valence-corrected chi connectivity index (χ4v) is 2.41. The summed E-state index contributed by atoms with van der Waals surface area (Å²) in [4.78, 5) is 1.54. The molecule has 1 aromatic rings. The maximum Gasteiger partial charge on any atom is 0.00452 e. The molecule has 15 heavy (non-hydrogen) atoms. The smallest absolute Gasteiger partial charge is 0.00452 e. The lowest BCUT2D eigenvalue weighted by Gasteiger charge is -2.02. The molecule has 0 fully saturated rings. The van der Waals surface area contributed by atoms with Gasteiger partial charge in [0.1, 0.15) is 0 Å². The Morgan fingerprint density at radius 3 is 2.73 bits per heavy atom. The zero-order chi connectivity index (χ0) is 10.8. The van der Waals surface area contributed by atoms with Gasteiger partial charge in [0.05, 0.1) is 0 Å². The van der Waals surface area contributed by atoms with E-state index in [1.165, 1.54) is 51.6 Å². The lowest BCUT2D eigenvalue weighted by molar-refractivity contribution is 0.585. The molecule has 0 saturated carbocycles. The monoisotopic (exact) mass is 225 g/mol. The fourth-order valence-electron chi connectivity index (χ4n) is 1.66. The molecule has 0 bridgehead atoms. The number of rotatable bonds is 9. The number of nitrogens with one attached hydrogen (secondary N) is 1. The molecule has 2 heteroatoms. The minimum atomic E-state index is 1.18. The molecule has 1 N–H and O–H groups in total. The Labute approximate surface area is 97.9 Å². The van der Waals surface area contributed by atoms with Crippen molar-refractivity contribution in [3.8, 4) is 0 Å². The highest BCUT2D eigenvalue weighted by atomic mass is 32.1. The van der Waals surface area contributed by atoms with Gasteiger partial charge in [-0.05, 0) is 50.2 Å². The van der Waals surface area contributed by atoms with Crippen molar-refractivity contribution < 1.29 is 0 Å². The largest absolute Gasteiger partial charge is 0.317 e. The van der Waals surface area contributed by atoms with Crippen LogP contribution in [0.3, 0.4) is 0 Å². The van der Waals surface area contributed by atoms with Crippen LogP contribution in [-0.4, -0.2) is 13.1 Å². The highest BCUT2D eigenvalue weighted by Crippen LogP contribution is 2.12. The second kappa shape index (κ2) is 8.93. The van der Waals surface area contributed by atoms with Crippen molar-refractivity contribution in [2.45, 2.75) is 45.4 Å². The third-order valence-electron chi connectivity index (χ3n) is 2.53. The predicted octanol–water partition coefficient (Wildman–Crippen LogP) is 3.85. The van der Waals surface area contributed by atoms with Crippen LogP contribution in [0.1, 0.15) is 43.9 Å². The van der Waals surface area contributed by atoms with Crippen molar-refractivity contribution in [2.24, 2.45) is 0 Å². The Balaban J connectivity index is 1.81. The van der Waals surface area contributed by atoms with Crippen LogP contribution in [0.15, 0.2) is 17.5 Å². The van der Waals surface area contributed by atoms with E-state index >= 15 is 0 Å². The quantitative estimate of drug-likeness (QED) is 0.629. The van der Waals surface area contributed by atoms with Crippen molar-refractivity contribution in [1.29, 1.82) is 0 Å². The van der Waals surface area contributed by atoms with Gasteiger partial charge in [0.15, 0.2) is 0 Å². The first-order chi connectivity index (χ1) is 7.43. The van der Waals surface area contributed by atoms with E-state index in [4.69, 9.17) is 0 Å². The Morgan fingerprint density at radius 1 is 1.13 bits per heavy atom. The Hall–Kier alpha value is -0.340. The molecule has 0 atom stereocenters. The predicted molar refractivity (Wildman–Crippen MR) is 69.7 cm³/mol. The number of aryl methyl sites for hydroxylation is 1. The van der Waals surface area contributed by atoms with Gasteiger partial charge in [0.2, 0.25) is 0 Å². The molecule has 0 aliphatic heterocycles. The standard InChI is InChI=1S/C13H23NS/c1-2-10-14-11-6-4-3-5-8-13-9-7-12-15-13/h7,9,12,14H,2-6,8,10-11H2,1H3. The average molecular weight is 225 g/mol. The van der Waals surface area contributed by atoms with Crippen LogP contribution >= 0.6 is 11.3 Å². The van der Waals surface area contributed by atoms with Crippen LogP contribution in [0, 0.1) is 0 Å². The first-order valence-corrected chi connectivity index (χ1v) is 7.04. The number of thiophene rings is 1. The van der Waals surface area contributed by atoms with Crippen LogP contribution in [0.25, 0.3) is 0 Å². The Morgan fingerprint density at radius 2 is 2.00 bits per heavy atom. The molecule has 1 nitrogen and oxygen atoms in total. The summed E-state index contributed by atoms with van der Waals surface area (Å²) in [6.45, 7) is 4.59. The molecule has 0 unspecified atom stereocenters. The minimum absolute atomic E-state index is 1.18. The summed E-state index contributed by atoms with van der Waals surface area (Å²) >= 11 is 1.89. The van der Waals surface area contributed by atoms with Crippen molar-refractivity contribution in [1.82, 2.24) is 5.32 Å². The third kappa shape index (κ3) is 6.69. The topological polar surface area (TPSA) is 12.0 Å². The van der Waals surface area contributed by atoms with E-state index in [1.807, 2.05) is 11.3 Å². The van der Waals surface area contributed by atoms with Crippen LogP contribution in [0.4, 0.5) is 0 Å². The SMILES string of the molecule is CCCNCCCCCCc1cccs1. The summed E-state index contributed by atoms with van der Waals surface area (Å²) in [7, 11) is 0. The number of hydrogen-bond acceptors (Lipinski definition) is 2. The molecule has 0 radical (unpaired) electrons. The van der Waals surface area contributed by atoms with E-state index in [-0.39, 0.29) is 0 Å². The van der Waals surface area contributed by atoms with Gasteiger partial charge in [-0.25, -0.2) is 0 Å². The van der Waals surface area contributed by atoms with E-state index in [0.29, 0.717) is 0 Å². The van der Waals surface area contributed by atoms with Crippen LogP contribution in [0.2, 0.25) is 0 Å². The maximum atomic E-state index is 3.44. The third-order valence-corrected chi connectivity index (χ3v) is 3.47. The van der Waals surface area contributed by atoms with Gasteiger partial charge in [0.25, 0.3) is 0 Å². The van der Waals surface area contributed by atoms with Crippen molar-refractivity contribution in [3.63, 3.8) is 0 Å². The van der Waals surface area contributed by atoms with E-state index in [2.05, 4.69) is 29.8 Å². The molecule has 1 aromatic heterocycles. The molecular formula is C13H23NS. The summed E-state index contributed by atoms with van der Waals surface area (Å²) in [5.74, 6) is 0. The molecule has 1 rings (SSSR count). The van der Waals surface area contributed by atoms with Gasteiger partial charge in [0, 0.05) is 4.88 Å². The average Bonchev–Trinajstić information content (AvgIpc) is 2.75. The lowest BCUT2D eigenvalue weighted by atomic mass is 10.1. The van der Waals surface area contributed by atoms with Crippen LogP contribution in [-0.2, 0) is 6.42 Å². The molecule has 0 aliphatic rings. The first-order valence-electron chi connectivity index (χ1n) is 6.16. The van der Waals surface area contributed by atoms with E-state index in [0.717, 1.165) is 0 Å².